The molecule has 0 aliphatic carbocycles. The van der Waals surface area contributed by atoms with Crippen LogP contribution in [0.25, 0.3) is 0 Å². The summed E-state index contributed by atoms with van der Waals surface area (Å²) >= 11 is 0. The van der Waals surface area contributed by atoms with Gasteiger partial charge in [0.15, 0.2) is 5.78 Å². The molecule has 0 saturated carbocycles. The molecule has 2 unspecified atom stereocenters. The number of nitrogens with one attached hydrogen (secondary N) is 1. The van der Waals surface area contributed by atoms with Crippen molar-refractivity contribution in [3.05, 3.63) is 35.3 Å². The highest BCUT2D eigenvalue weighted by Gasteiger charge is 2.34. The smallest absolute Gasteiger partial charge is 0.249 e. The number of carbonyl (C=O) groups excluding carboxylic acids is 3. The third kappa shape index (κ3) is 4.75. The molecular formula is C21H30N2O4. The highest BCUT2D eigenvalue weighted by Crippen LogP contribution is 2.27. The normalized spacial score (nSPS) is 35.6. The SMILES string of the molecule is [2H]c1c([2H])c([2H])c2c(c1[2H])CC([2H])(C)N(C)C(=O)[C@H]2NC(=O)[C@]([2H])(C)CC(=O)[C@@]([2H])(O)C([2H])(C)C([2H])([2H])[2H]. The summed E-state index contributed by atoms with van der Waals surface area (Å²) < 4.78 is 87.3. The Morgan fingerprint density at radius 3 is 2.81 bits per heavy atom. The van der Waals surface area contributed by atoms with Gasteiger partial charge in [-0.2, -0.15) is 0 Å². The number of likely N-dealkylation sites (N-methyl/N-ethyl adjacent to an activating group) is 1. The molecule has 0 fully saturated rings. The number of benzene rings is 1. The number of hydrogen-bond acceptors (Lipinski definition) is 4. The topological polar surface area (TPSA) is 86.7 Å². The van der Waals surface area contributed by atoms with Crippen LogP contribution in [-0.4, -0.2) is 46.7 Å². The lowest BCUT2D eigenvalue weighted by Gasteiger charge is -2.26. The zero-order valence-corrected chi connectivity index (χ0v) is 15.6. The third-order valence-electron chi connectivity index (χ3n) is 4.38. The Labute approximate surface area is 176 Å². The van der Waals surface area contributed by atoms with E-state index < -0.39 is 85.0 Å². The molecule has 1 heterocycles. The van der Waals surface area contributed by atoms with E-state index in [0.717, 1.165) is 11.8 Å². The molecule has 148 valence electrons. The molecule has 1 aliphatic heterocycles. The van der Waals surface area contributed by atoms with Gasteiger partial charge in [-0.3, -0.25) is 14.4 Å². The lowest BCUT2D eigenvalue weighted by atomic mass is 9.94. The van der Waals surface area contributed by atoms with Crippen molar-refractivity contribution >= 4 is 17.6 Å². The summed E-state index contributed by atoms with van der Waals surface area (Å²) in [5, 5.41) is 12.5. The number of ketones is 1. The summed E-state index contributed by atoms with van der Waals surface area (Å²) in [7, 11) is 1.24. The van der Waals surface area contributed by atoms with Gasteiger partial charge in [-0.05, 0) is 30.4 Å². The van der Waals surface area contributed by atoms with Crippen molar-refractivity contribution in [2.24, 2.45) is 11.8 Å². The third-order valence-corrected chi connectivity index (χ3v) is 4.38. The second-order valence-electron chi connectivity index (χ2n) is 6.46. The average Bonchev–Trinajstić information content (AvgIpc) is 2.84. The maximum atomic E-state index is 13.3. The molecule has 27 heavy (non-hydrogen) atoms. The number of fused-ring (bicyclic) bond motifs is 1. The molecule has 6 nitrogen and oxygen atoms in total. The fourth-order valence-electron chi connectivity index (χ4n) is 2.62. The summed E-state index contributed by atoms with van der Waals surface area (Å²) in [5.74, 6) is -9.38. The number of nitrogens with zero attached hydrogens (tertiary/aromatic N) is 1. The monoisotopic (exact) mass is 385 g/mol. The molecule has 1 aromatic rings. The van der Waals surface area contributed by atoms with Gasteiger partial charge in [0.2, 0.25) is 11.8 Å². The van der Waals surface area contributed by atoms with Crippen molar-refractivity contribution in [1.29, 1.82) is 0 Å². The van der Waals surface area contributed by atoms with E-state index in [1.54, 1.807) is 0 Å². The predicted molar refractivity (Wildman–Crippen MR) is 103 cm³/mol. The first-order valence-electron chi connectivity index (χ1n) is 13.8. The Morgan fingerprint density at radius 1 is 1.48 bits per heavy atom. The van der Waals surface area contributed by atoms with Crippen molar-refractivity contribution in [2.75, 3.05) is 7.05 Å². The van der Waals surface area contributed by atoms with E-state index in [2.05, 4.69) is 5.32 Å². The van der Waals surface area contributed by atoms with Gasteiger partial charge in [-0.15, -0.1) is 0 Å². The first-order chi connectivity index (χ1) is 16.8. The Kier molecular flexibility index (Phi) is 3.32. The average molecular weight is 386 g/mol. The number of rotatable bonds is 6. The molecule has 2 amide bonds. The van der Waals surface area contributed by atoms with Crippen LogP contribution in [0.4, 0.5) is 0 Å². The van der Waals surface area contributed by atoms with Crippen molar-refractivity contribution in [3.8, 4) is 0 Å². The summed E-state index contributed by atoms with van der Waals surface area (Å²) in [4.78, 5) is 40.1. The molecule has 2 N–H and O–H groups in total. The van der Waals surface area contributed by atoms with Crippen LogP contribution in [0.15, 0.2) is 24.2 Å². The largest absolute Gasteiger partial charge is 0.385 e. The van der Waals surface area contributed by atoms with Gasteiger partial charge in [-0.25, -0.2) is 0 Å². The summed E-state index contributed by atoms with van der Waals surface area (Å²) in [5.41, 5.74) is -0.403. The molecule has 0 aromatic heterocycles. The molecule has 1 aromatic carbocycles. The number of Topliss-reactive ketones (excluding diaryl/α,β-unsaturated/α-hetero) is 1. The van der Waals surface area contributed by atoms with E-state index in [4.69, 9.17) is 15.1 Å². The highest BCUT2D eigenvalue weighted by atomic mass is 16.3. The Balaban J connectivity index is 2.53. The standard InChI is InChI=1S/C21H30N2O4/c1-12(2)19(25)17(24)10-13(3)20(26)22-18-16-9-7-6-8-15(16)11-14(4)23(5)21(18)27/h6-9,12-14,18-19,25H,10-11H2,1-5H3,(H,22,26)/t13-,14?,18+,19+/m1/s1/i1D3,6D,7D,8D,9D,12D,13D,14D,19D/t12?,13-,14?,18+,19+. The van der Waals surface area contributed by atoms with Crippen LogP contribution in [0, 0.1) is 11.8 Å². The van der Waals surface area contributed by atoms with Crippen molar-refractivity contribution < 1.29 is 34.6 Å². The summed E-state index contributed by atoms with van der Waals surface area (Å²) in [6, 6.07) is -5.92. The fourth-order valence-corrected chi connectivity index (χ4v) is 2.62. The second kappa shape index (κ2) is 8.65. The van der Waals surface area contributed by atoms with Crippen LogP contribution in [0.3, 0.4) is 0 Å². The molecule has 0 radical (unpaired) electrons. The zero-order chi connectivity index (χ0) is 30.0. The Hall–Kier alpha value is -2.21. The molecule has 2 rings (SSSR count). The van der Waals surface area contributed by atoms with Gasteiger partial charge < -0.3 is 15.3 Å². The fraction of sp³-hybridized carbons (Fsp3) is 0.571. The minimum Gasteiger partial charge on any atom is -0.385 e. The van der Waals surface area contributed by atoms with E-state index in [0.29, 0.717) is 6.92 Å². The highest BCUT2D eigenvalue weighted by molar-refractivity contribution is 5.93. The van der Waals surface area contributed by atoms with Crippen molar-refractivity contribution in [2.45, 2.75) is 58.6 Å². The van der Waals surface area contributed by atoms with Crippen LogP contribution >= 0.6 is 0 Å². The van der Waals surface area contributed by atoms with E-state index in [1.165, 1.54) is 14.0 Å². The predicted octanol–water partition coefficient (Wildman–Crippen LogP) is 1.86. The number of hydrogen-bond donors (Lipinski definition) is 2. The van der Waals surface area contributed by atoms with Gasteiger partial charge in [0.1, 0.15) is 12.1 Å². The van der Waals surface area contributed by atoms with Crippen LogP contribution < -0.4 is 5.32 Å². The van der Waals surface area contributed by atoms with E-state index in [-0.39, 0.29) is 17.5 Å². The van der Waals surface area contributed by atoms with Gasteiger partial charge in [0, 0.05) is 32.2 Å². The van der Waals surface area contributed by atoms with E-state index in [1.807, 2.05) is 0 Å². The van der Waals surface area contributed by atoms with Crippen LogP contribution in [-0.2, 0) is 20.8 Å². The first kappa shape index (κ1) is 10.4. The van der Waals surface area contributed by atoms with Gasteiger partial charge >= 0.3 is 0 Å². The molecule has 0 saturated heterocycles. The lowest BCUT2D eigenvalue weighted by molar-refractivity contribution is -0.138. The number of aliphatic hydroxyl groups is 1. The van der Waals surface area contributed by atoms with Gasteiger partial charge in [-0.1, -0.05) is 44.9 Å². The molecule has 0 bridgehead atoms. The molecule has 5 atom stereocenters. The number of carbonyl (C=O) groups is 3. The minimum atomic E-state index is -3.53. The molecular weight excluding hydrogens is 344 g/mol. The lowest BCUT2D eigenvalue weighted by Crippen LogP contribution is -2.44. The molecule has 0 spiro atoms. The van der Waals surface area contributed by atoms with Crippen LogP contribution in [0.2, 0.25) is 0 Å². The zero-order valence-electron chi connectivity index (χ0n) is 26.6. The van der Waals surface area contributed by atoms with Gasteiger partial charge in [0.05, 0.1) is 8.22 Å². The maximum Gasteiger partial charge on any atom is 0.249 e. The Morgan fingerprint density at radius 2 is 2.15 bits per heavy atom. The van der Waals surface area contributed by atoms with Crippen molar-refractivity contribution in [1.82, 2.24) is 10.2 Å². The van der Waals surface area contributed by atoms with Crippen LogP contribution in [0.1, 0.15) is 66.3 Å². The first-order valence-corrected chi connectivity index (χ1v) is 8.26. The molecule has 6 heteroatoms. The van der Waals surface area contributed by atoms with Crippen molar-refractivity contribution in [3.63, 3.8) is 0 Å². The quantitative estimate of drug-likeness (QED) is 0.782. The number of amides is 2. The Bertz CT molecular complexity index is 1180. The minimum absolute atomic E-state index is 0.0950. The van der Waals surface area contributed by atoms with Crippen LogP contribution in [0.5, 0.6) is 0 Å². The second-order valence-corrected chi connectivity index (χ2v) is 6.46. The molecule has 1 aliphatic rings. The summed E-state index contributed by atoms with van der Waals surface area (Å²) in [6.45, 7) is -0.389. The van der Waals surface area contributed by atoms with Gasteiger partial charge in [0.25, 0.3) is 0 Å². The summed E-state index contributed by atoms with van der Waals surface area (Å²) in [6.07, 6.45) is -5.07. The van der Waals surface area contributed by atoms with E-state index >= 15 is 0 Å². The van der Waals surface area contributed by atoms with E-state index in [9.17, 15) is 19.5 Å². The maximum absolute atomic E-state index is 13.3.